The van der Waals surface area contributed by atoms with Crippen LogP contribution in [0.1, 0.15) is 34.8 Å². The molecule has 3 atom stereocenters. The van der Waals surface area contributed by atoms with Gasteiger partial charge in [-0.05, 0) is 50.1 Å². The minimum absolute atomic E-state index is 0.0219. The van der Waals surface area contributed by atoms with E-state index in [-0.39, 0.29) is 40.1 Å². The number of fused-ring (bicyclic) bond motifs is 1. The van der Waals surface area contributed by atoms with Gasteiger partial charge >= 0.3 is 0 Å². The standard InChI is InChI=1S/C28H36N4O5S2/c1-19-6-9-23(10-7-19)39(34,35)30-22-8-11-25-24(14-22)28(33)31(4)16-26(36-5)20(2)15-32(21(3)18-37-25)17-27-29-12-13-38-27/h6-14,20-21,26,30H,15-18H2,1-5H3/t20-,21-,26+/m1/s1. The Labute approximate surface area is 234 Å². The first-order valence-electron chi connectivity index (χ1n) is 12.8. The number of aryl methyl sites for hydroxylation is 1. The molecule has 11 heteroatoms. The first-order valence-corrected chi connectivity index (χ1v) is 15.2. The van der Waals surface area contributed by atoms with E-state index in [9.17, 15) is 13.2 Å². The summed E-state index contributed by atoms with van der Waals surface area (Å²) >= 11 is 1.62. The zero-order valence-electron chi connectivity index (χ0n) is 23.0. The average Bonchev–Trinajstić information content (AvgIpc) is 3.42. The van der Waals surface area contributed by atoms with E-state index in [1.807, 2.05) is 12.3 Å². The van der Waals surface area contributed by atoms with Crippen molar-refractivity contribution in [2.24, 2.45) is 5.92 Å². The van der Waals surface area contributed by atoms with E-state index in [4.69, 9.17) is 9.47 Å². The monoisotopic (exact) mass is 572 g/mol. The van der Waals surface area contributed by atoms with Crippen LogP contribution in [0.5, 0.6) is 5.75 Å². The lowest BCUT2D eigenvalue weighted by Gasteiger charge is -2.35. The van der Waals surface area contributed by atoms with Crippen LogP contribution < -0.4 is 9.46 Å². The van der Waals surface area contributed by atoms with Gasteiger partial charge in [-0.25, -0.2) is 13.4 Å². The second-order valence-corrected chi connectivity index (χ2v) is 12.7. The molecule has 0 saturated heterocycles. The molecule has 0 radical (unpaired) electrons. The van der Waals surface area contributed by atoms with Crippen molar-refractivity contribution in [1.29, 1.82) is 0 Å². The van der Waals surface area contributed by atoms with Crippen LogP contribution in [0.4, 0.5) is 5.69 Å². The SMILES string of the molecule is CO[C@H]1CN(C)C(=O)c2cc(NS(=O)(=O)c3ccc(C)cc3)ccc2OC[C@@H](C)N(Cc2nccs2)C[C@H]1C. The highest BCUT2D eigenvalue weighted by molar-refractivity contribution is 7.92. The molecule has 39 heavy (non-hydrogen) atoms. The maximum absolute atomic E-state index is 13.6. The Morgan fingerprint density at radius 1 is 1.15 bits per heavy atom. The number of benzene rings is 2. The number of aromatic nitrogens is 1. The Kier molecular flexibility index (Phi) is 9.27. The number of thiazole rings is 1. The lowest BCUT2D eigenvalue weighted by molar-refractivity contribution is 0.00921. The molecule has 1 aliphatic rings. The molecule has 2 aromatic carbocycles. The predicted molar refractivity (Wildman–Crippen MR) is 153 cm³/mol. The van der Waals surface area contributed by atoms with Gasteiger partial charge in [0, 0.05) is 50.6 Å². The smallest absolute Gasteiger partial charge is 0.261 e. The summed E-state index contributed by atoms with van der Waals surface area (Å²) in [6, 6.07) is 11.4. The molecule has 2 heterocycles. The highest BCUT2D eigenvalue weighted by Crippen LogP contribution is 2.28. The van der Waals surface area contributed by atoms with Gasteiger partial charge in [0.1, 0.15) is 17.4 Å². The van der Waals surface area contributed by atoms with Crippen LogP contribution >= 0.6 is 11.3 Å². The number of amides is 1. The molecule has 1 aliphatic heterocycles. The van der Waals surface area contributed by atoms with E-state index in [1.165, 1.54) is 6.07 Å². The van der Waals surface area contributed by atoms with E-state index >= 15 is 0 Å². The minimum atomic E-state index is -3.84. The molecule has 3 aromatic rings. The van der Waals surface area contributed by atoms with Gasteiger partial charge in [0.25, 0.3) is 15.9 Å². The van der Waals surface area contributed by atoms with Crippen molar-refractivity contribution < 1.29 is 22.7 Å². The topological polar surface area (TPSA) is 101 Å². The molecular formula is C28H36N4O5S2. The Morgan fingerprint density at radius 2 is 1.90 bits per heavy atom. The Hall–Kier alpha value is -2.99. The van der Waals surface area contributed by atoms with Gasteiger partial charge in [0.2, 0.25) is 0 Å². The molecule has 1 N–H and O–H groups in total. The summed E-state index contributed by atoms with van der Waals surface area (Å²) in [6.07, 6.45) is 1.61. The van der Waals surface area contributed by atoms with Crippen LogP contribution in [-0.2, 0) is 21.3 Å². The molecular weight excluding hydrogens is 536 g/mol. The number of carbonyl (C=O) groups is 1. The number of carbonyl (C=O) groups excluding carboxylic acids is 1. The van der Waals surface area contributed by atoms with Crippen LogP contribution in [0.3, 0.4) is 0 Å². The zero-order chi connectivity index (χ0) is 28.2. The normalized spacial score (nSPS) is 21.4. The zero-order valence-corrected chi connectivity index (χ0v) is 24.6. The van der Waals surface area contributed by atoms with E-state index in [0.717, 1.165) is 17.1 Å². The molecule has 9 nitrogen and oxygen atoms in total. The number of ether oxygens (including phenoxy) is 2. The summed E-state index contributed by atoms with van der Waals surface area (Å²) in [5.74, 6) is 0.247. The number of hydrogen-bond donors (Lipinski definition) is 1. The van der Waals surface area contributed by atoms with Crippen molar-refractivity contribution >= 4 is 33.0 Å². The van der Waals surface area contributed by atoms with Gasteiger partial charge < -0.3 is 14.4 Å². The summed E-state index contributed by atoms with van der Waals surface area (Å²) in [5.41, 5.74) is 1.52. The Balaban J connectivity index is 1.65. The fourth-order valence-corrected chi connectivity index (χ4v) is 6.26. The number of hydrogen-bond acceptors (Lipinski definition) is 8. The molecule has 0 bridgehead atoms. The highest BCUT2D eigenvalue weighted by Gasteiger charge is 2.29. The summed E-state index contributed by atoms with van der Waals surface area (Å²) < 4.78 is 40.6. The number of sulfonamides is 1. The number of rotatable bonds is 6. The van der Waals surface area contributed by atoms with E-state index in [1.54, 1.807) is 73.0 Å². The van der Waals surface area contributed by atoms with E-state index < -0.39 is 10.0 Å². The van der Waals surface area contributed by atoms with Crippen molar-refractivity contribution in [1.82, 2.24) is 14.8 Å². The van der Waals surface area contributed by atoms with Crippen molar-refractivity contribution in [3.05, 3.63) is 70.2 Å². The molecule has 0 fully saturated rings. The van der Waals surface area contributed by atoms with Crippen LogP contribution in [0.2, 0.25) is 0 Å². The molecule has 1 amide bonds. The number of likely N-dealkylation sites (N-methyl/N-ethyl adjacent to an activating group) is 1. The Morgan fingerprint density at radius 3 is 2.56 bits per heavy atom. The first kappa shape index (κ1) is 29.0. The van der Waals surface area contributed by atoms with Gasteiger partial charge in [0.15, 0.2) is 0 Å². The molecule has 0 spiro atoms. The largest absolute Gasteiger partial charge is 0.491 e. The fraction of sp³-hybridized carbons (Fsp3) is 0.429. The van der Waals surface area contributed by atoms with Gasteiger partial charge in [-0.2, -0.15) is 0 Å². The molecule has 0 unspecified atom stereocenters. The lowest BCUT2D eigenvalue weighted by Crippen LogP contribution is -2.46. The second-order valence-electron chi connectivity index (χ2n) is 10.1. The highest BCUT2D eigenvalue weighted by atomic mass is 32.2. The third-order valence-electron chi connectivity index (χ3n) is 6.98. The average molecular weight is 573 g/mol. The molecule has 210 valence electrons. The maximum atomic E-state index is 13.6. The number of anilines is 1. The maximum Gasteiger partial charge on any atom is 0.261 e. The number of nitrogens with zero attached hydrogens (tertiary/aromatic N) is 3. The number of nitrogens with one attached hydrogen (secondary N) is 1. The van der Waals surface area contributed by atoms with Crippen LogP contribution in [0, 0.1) is 12.8 Å². The quantitative estimate of drug-likeness (QED) is 0.471. The van der Waals surface area contributed by atoms with E-state index in [0.29, 0.717) is 25.4 Å². The van der Waals surface area contributed by atoms with Crippen LogP contribution in [0.25, 0.3) is 0 Å². The summed E-state index contributed by atoms with van der Waals surface area (Å²) in [6.45, 7) is 8.24. The third-order valence-corrected chi connectivity index (χ3v) is 9.14. The number of methoxy groups -OCH3 is 1. The Bertz CT molecular complexity index is 1360. The van der Waals surface area contributed by atoms with Crippen LogP contribution in [-0.4, -0.2) is 75.1 Å². The van der Waals surface area contributed by atoms with Crippen molar-refractivity contribution in [3.8, 4) is 5.75 Å². The van der Waals surface area contributed by atoms with Gasteiger partial charge in [-0.1, -0.05) is 24.6 Å². The van der Waals surface area contributed by atoms with Gasteiger partial charge in [-0.15, -0.1) is 11.3 Å². The predicted octanol–water partition coefficient (Wildman–Crippen LogP) is 4.26. The molecule has 1 aromatic heterocycles. The second kappa shape index (κ2) is 12.5. The lowest BCUT2D eigenvalue weighted by atomic mass is 10.0. The third kappa shape index (κ3) is 7.16. The summed E-state index contributed by atoms with van der Waals surface area (Å²) in [5, 5.41) is 2.99. The molecule has 0 aliphatic carbocycles. The van der Waals surface area contributed by atoms with Gasteiger partial charge in [0.05, 0.1) is 23.1 Å². The van der Waals surface area contributed by atoms with Crippen LogP contribution in [0.15, 0.2) is 58.9 Å². The van der Waals surface area contributed by atoms with Gasteiger partial charge in [-0.3, -0.25) is 14.4 Å². The van der Waals surface area contributed by atoms with Crippen molar-refractivity contribution in [2.45, 2.75) is 44.4 Å². The molecule has 4 rings (SSSR count). The van der Waals surface area contributed by atoms with Crippen molar-refractivity contribution in [2.75, 3.05) is 38.6 Å². The fourth-order valence-electron chi connectivity index (χ4n) is 4.57. The van der Waals surface area contributed by atoms with E-state index in [2.05, 4.69) is 28.5 Å². The summed E-state index contributed by atoms with van der Waals surface area (Å²) in [7, 11) is -0.456. The van der Waals surface area contributed by atoms with Crippen molar-refractivity contribution in [3.63, 3.8) is 0 Å². The minimum Gasteiger partial charge on any atom is -0.491 e. The first-order chi connectivity index (χ1) is 18.6. The molecule has 0 saturated carbocycles. The summed E-state index contributed by atoms with van der Waals surface area (Å²) in [4.78, 5) is 22.1.